The van der Waals surface area contributed by atoms with Crippen molar-refractivity contribution < 1.29 is 14.3 Å². The molecule has 104 valence electrons. The molecule has 0 fully saturated rings. The molecular weight excluding hydrogens is 244 g/mol. The Labute approximate surface area is 113 Å². The van der Waals surface area contributed by atoms with E-state index in [1.807, 2.05) is 32.0 Å². The number of fused-ring (bicyclic) bond motifs is 1. The fraction of sp³-hybridized carbons (Fsp3) is 0.500. The quantitative estimate of drug-likeness (QED) is 0.859. The van der Waals surface area contributed by atoms with Crippen LogP contribution in [0.3, 0.4) is 0 Å². The Kier molecular flexibility index (Phi) is 4.27. The number of amides is 1. The number of rotatable bonds is 4. The first kappa shape index (κ1) is 13.7. The van der Waals surface area contributed by atoms with Crippen LogP contribution in [0.5, 0.6) is 11.5 Å². The van der Waals surface area contributed by atoms with E-state index in [2.05, 4.69) is 10.6 Å². The lowest BCUT2D eigenvalue weighted by Gasteiger charge is -2.22. The van der Waals surface area contributed by atoms with Gasteiger partial charge in [-0.1, -0.05) is 6.07 Å². The van der Waals surface area contributed by atoms with E-state index in [-0.39, 0.29) is 18.0 Å². The van der Waals surface area contributed by atoms with E-state index in [1.54, 1.807) is 7.05 Å². The first-order valence-corrected chi connectivity index (χ1v) is 6.49. The molecule has 5 heteroatoms. The van der Waals surface area contributed by atoms with Gasteiger partial charge in [0.25, 0.3) is 0 Å². The summed E-state index contributed by atoms with van der Waals surface area (Å²) in [4.78, 5) is 11.5. The summed E-state index contributed by atoms with van der Waals surface area (Å²) < 4.78 is 11.0. The highest BCUT2D eigenvalue weighted by Gasteiger charge is 2.17. The van der Waals surface area contributed by atoms with Gasteiger partial charge in [-0.05, 0) is 31.5 Å². The summed E-state index contributed by atoms with van der Waals surface area (Å²) in [5, 5.41) is 5.87. The van der Waals surface area contributed by atoms with E-state index >= 15 is 0 Å². The van der Waals surface area contributed by atoms with Crippen molar-refractivity contribution in [3.63, 3.8) is 0 Å². The van der Waals surface area contributed by atoms with Gasteiger partial charge in [0.05, 0.1) is 6.04 Å². The molecule has 0 saturated heterocycles. The molecule has 0 aliphatic carbocycles. The van der Waals surface area contributed by atoms with E-state index in [0.29, 0.717) is 13.2 Å². The van der Waals surface area contributed by atoms with E-state index in [9.17, 15) is 4.79 Å². The zero-order valence-electron chi connectivity index (χ0n) is 11.5. The van der Waals surface area contributed by atoms with Crippen molar-refractivity contribution in [1.82, 2.24) is 10.6 Å². The molecule has 1 aromatic rings. The normalized spacial score (nSPS) is 16.6. The molecule has 0 aromatic heterocycles. The molecule has 1 aliphatic heterocycles. The summed E-state index contributed by atoms with van der Waals surface area (Å²) in [6, 6.07) is 5.67. The van der Waals surface area contributed by atoms with Gasteiger partial charge in [0.2, 0.25) is 5.91 Å². The summed E-state index contributed by atoms with van der Waals surface area (Å²) in [6.45, 7) is 5.03. The summed E-state index contributed by atoms with van der Waals surface area (Å²) in [5.41, 5.74) is 1.07. The third-order valence-electron chi connectivity index (χ3n) is 3.21. The number of nitrogens with one attached hydrogen (secondary N) is 2. The zero-order chi connectivity index (χ0) is 13.8. The fourth-order valence-corrected chi connectivity index (χ4v) is 2.09. The number of benzene rings is 1. The van der Waals surface area contributed by atoms with Crippen molar-refractivity contribution in [3.05, 3.63) is 23.8 Å². The Bertz CT molecular complexity index is 462. The van der Waals surface area contributed by atoms with Crippen LogP contribution >= 0.6 is 0 Å². The van der Waals surface area contributed by atoms with Crippen LogP contribution < -0.4 is 20.1 Å². The van der Waals surface area contributed by atoms with Crippen LogP contribution in [0.4, 0.5) is 0 Å². The topological polar surface area (TPSA) is 59.6 Å². The van der Waals surface area contributed by atoms with Gasteiger partial charge < -0.3 is 14.8 Å². The molecule has 0 saturated carbocycles. The highest BCUT2D eigenvalue weighted by Crippen LogP contribution is 2.32. The number of carbonyl (C=O) groups excluding carboxylic acids is 1. The lowest BCUT2D eigenvalue weighted by atomic mass is 10.1. The third kappa shape index (κ3) is 3.17. The second-order valence-corrected chi connectivity index (χ2v) is 4.63. The average Bonchev–Trinajstić information content (AvgIpc) is 2.45. The smallest absolute Gasteiger partial charge is 0.236 e. The van der Waals surface area contributed by atoms with Gasteiger partial charge in [-0.25, -0.2) is 0 Å². The van der Waals surface area contributed by atoms with Crippen LogP contribution in [-0.2, 0) is 4.79 Å². The zero-order valence-corrected chi connectivity index (χ0v) is 11.5. The summed E-state index contributed by atoms with van der Waals surface area (Å²) in [7, 11) is 1.63. The van der Waals surface area contributed by atoms with E-state index in [1.165, 1.54) is 0 Å². The third-order valence-corrected chi connectivity index (χ3v) is 3.21. The Morgan fingerprint density at radius 3 is 2.58 bits per heavy atom. The number of hydrogen-bond acceptors (Lipinski definition) is 4. The summed E-state index contributed by atoms with van der Waals surface area (Å²) >= 11 is 0. The van der Waals surface area contributed by atoms with Crippen LogP contribution in [0, 0.1) is 0 Å². The predicted molar refractivity (Wildman–Crippen MR) is 72.5 cm³/mol. The van der Waals surface area contributed by atoms with Gasteiger partial charge in [0, 0.05) is 13.1 Å². The molecule has 2 N–H and O–H groups in total. The lowest BCUT2D eigenvalue weighted by Crippen LogP contribution is -2.41. The van der Waals surface area contributed by atoms with Gasteiger partial charge in [0.15, 0.2) is 11.5 Å². The molecule has 5 nitrogen and oxygen atoms in total. The van der Waals surface area contributed by atoms with Gasteiger partial charge in [-0.3, -0.25) is 10.1 Å². The fourth-order valence-electron chi connectivity index (χ4n) is 2.09. The second kappa shape index (κ2) is 5.93. The number of likely N-dealkylation sites (N-methyl/N-ethyl adjacent to an activating group) is 1. The molecular formula is C14H20N2O3. The number of hydrogen-bond donors (Lipinski definition) is 2. The van der Waals surface area contributed by atoms with Gasteiger partial charge in [-0.15, -0.1) is 0 Å². The Balaban J connectivity index is 2.07. The van der Waals surface area contributed by atoms with E-state index < -0.39 is 0 Å². The standard InChI is InChI=1S/C14H20N2O3/c1-9(16-10(2)14(17)15-3)11-4-5-12-13(8-11)19-7-6-18-12/h4-5,8-10,16H,6-7H2,1-3H3,(H,15,17). The molecule has 2 rings (SSSR count). The molecule has 1 amide bonds. The van der Waals surface area contributed by atoms with Crippen molar-refractivity contribution >= 4 is 5.91 Å². The van der Waals surface area contributed by atoms with Crippen LogP contribution in [0.15, 0.2) is 18.2 Å². The first-order valence-electron chi connectivity index (χ1n) is 6.49. The maximum atomic E-state index is 11.5. The molecule has 2 atom stereocenters. The Morgan fingerprint density at radius 2 is 1.89 bits per heavy atom. The molecule has 0 bridgehead atoms. The molecule has 0 radical (unpaired) electrons. The molecule has 19 heavy (non-hydrogen) atoms. The first-order chi connectivity index (χ1) is 9.11. The van der Waals surface area contributed by atoms with Crippen LogP contribution in [0.1, 0.15) is 25.5 Å². The molecule has 1 aliphatic rings. The number of carbonyl (C=O) groups is 1. The highest BCUT2D eigenvalue weighted by atomic mass is 16.6. The Morgan fingerprint density at radius 1 is 1.21 bits per heavy atom. The molecule has 2 unspecified atom stereocenters. The van der Waals surface area contributed by atoms with Crippen molar-refractivity contribution in [3.8, 4) is 11.5 Å². The number of ether oxygens (including phenoxy) is 2. The van der Waals surface area contributed by atoms with Gasteiger partial charge in [-0.2, -0.15) is 0 Å². The summed E-state index contributed by atoms with van der Waals surface area (Å²) in [6.07, 6.45) is 0. The van der Waals surface area contributed by atoms with E-state index in [0.717, 1.165) is 17.1 Å². The maximum Gasteiger partial charge on any atom is 0.236 e. The van der Waals surface area contributed by atoms with Crippen LogP contribution in [0.25, 0.3) is 0 Å². The minimum absolute atomic E-state index is 0.0237. The molecule has 0 spiro atoms. The highest BCUT2D eigenvalue weighted by molar-refractivity contribution is 5.80. The van der Waals surface area contributed by atoms with Crippen LogP contribution in [-0.4, -0.2) is 32.2 Å². The molecule has 1 heterocycles. The molecule has 1 aromatic carbocycles. The van der Waals surface area contributed by atoms with Crippen molar-refractivity contribution in [1.29, 1.82) is 0 Å². The second-order valence-electron chi connectivity index (χ2n) is 4.63. The average molecular weight is 264 g/mol. The summed E-state index contributed by atoms with van der Waals surface area (Å²) in [5.74, 6) is 1.52. The van der Waals surface area contributed by atoms with Crippen molar-refractivity contribution in [2.24, 2.45) is 0 Å². The monoisotopic (exact) mass is 264 g/mol. The minimum Gasteiger partial charge on any atom is -0.486 e. The predicted octanol–water partition coefficient (Wildman–Crippen LogP) is 1.24. The van der Waals surface area contributed by atoms with Crippen LogP contribution in [0.2, 0.25) is 0 Å². The largest absolute Gasteiger partial charge is 0.486 e. The van der Waals surface area contributed by atoms with Crippen molar-refractivity contribution in [2.45, 2.75) is 25.9 Å². The Hall–Kier alpha value is -1.75. The van der Waals surface area contributed by atoms with Gasteiger partial charge >= 0.3 is 0 Å². The van der Waals surface area contributed by atoms with Crippen molar-refractivity contribution in [2.75, 3.05) is 20.3 Å². The minimum atomic E-state index is -0.242. The van der Waals surface area contributed by atoms with E-state index in [4.69, 9.17) is 9.47 Å². The maximum absolute atomic E-state index is 11.5. The SMILES string of the molecule is CNC(=O)C(C)NC(C)c1ccc2c(c1)OCCO2. The van der Waals surface area contributed by atoms with Gasteiger partial charge in [0.1, 0.15) is 13.2 Å². The lowest BCUT2D eigenvalue weighted by molar-refractivity contribution is -0.122.